The zero-order valence-corrected chi connectivity index (χ0v) is 21.8. The van der Waals surface area contributed by atoms with Crippen LogP contribution in [0.3, 0.4) is 0 Å². The summed E-state index contributed by atoms with van der Waals surface area (Å²) in [4.78, 5) is 33.8. The summed E-state index contributed by atoms with van der Waals surface area (Å²) in [5.74, 6) is -1.44. The van der Waals surface area contributed by atoms with Crippen LogP contribution in [0, 0.1) is 6.92 Å². The number of aromatic carboxylic acids is 1. The molecule has 0 spiro atoms. The molecule has 0 saturated heterocycles. The molecule has 3 aromatic heterocycles. The number of hydrogen-bond acceptors (Lipinski definition) is 8. The number of anilines is 1. The van der Waals surface area contributed by atoms with Crippen LogP contribution in [-0.4, -0.2) is 47.6 Å². The van der Waals surface area contributed by atoms with Gasteiger partial charge in [0.15, 0.2) is 12.4 Å². The minimum atomic E-state index is -4.43. The third-order valence-corrected chi connectivity index (χ3v) is 6.88. The van der Waals surface area contributed by atoms with Crippen molar-refractivity contribution >= 4 is 28.0 Å². The molecule has 5 rings (SSSR count). The number of hydrogen-bond donors (Lipinski definition) is 3. The third kappa shape index (κ3) is 6.48. The highest BCUT2D eigenvalue weighted by atomic mass is 32.2. The minimum Gasteiger partial charge on any atom is -0.478 e. The van der Waals surface area contributed by atoms with Crippen molar-refractivity contribution in [1.82, 2.24) is 19.7 Å². The van der Waals surface area contributed by atoms with Gasteiger partial charge in [0.2, 0.25) is 19.0 Å². The molecule has 0 unspecified atom stereocenters. The molecule has 39 heavy (non-hydrogen) atoms. The molecule has 0 saturated carbocycles. The lowest BCUT2D eigenvalue weighted by molar-refractivity contribution is -0.794. The maximum atomic E-state index is 12.2. The highest BCUT2D eigenvalue weighted by molar-refractivity contribution is 7.90. The van der Waals surface area contributed by atoms with Crippen LogP contribution in [0.1, 0.15) is 16.2 Å². The minimum absolute atomic E-state index is 0.0677. The molecule has 0 aliphatic carbocycles. The van der Waals surface area contributed by atoms with E-state index in [1.165, 1.54) is 37.6 Å². The topological polar surface area (TPSA) is 168 Å². The summed E-state index contributed by atoms with van der Waals surface area (Å²) in [6.07, 6.45) is 4.29. The van der Waals surface area contributed by atoms with Gasteiger partial charge in [-0.15, -0.1) is 0 Å². The average molecular weight is 552 g/mol. The number of ether oxygens (including phenoxy) is 1. The first-order valence-corrected chi connectivity index (χ1v) is 13.1. The van der Waals surface area contributed by atoms with Crippen LogP contribution in [0.25, 0.3) is 11.4 Å². The second-order valence-electron chi connectivity index (χ2n) is 8.11. The first-order chi connectivity index (χ1) is 18.7. The Hall–Kier alpha value is -4.98. The number of benzene rings is 1. The van der Waals surface area contributed by atoms with E-state index in [9.17, 15) is 18.0 Å². The molecule has 4 aromatic rings. The number of urea groups is 1. The van der Waals surface area contributed by atoms with Gasteiger partial charge >= 0.3 is 18.0 Å². The molecule has 1 aromatic carbocycles. The summed E-state index contributed by atoms with van der Waals surface area (Å²) in [6.45, 7) is 3.66. The number of carboxylic acid groups (broad SMARTS) is 1. The van der Waals surface area contributed by atoms with Gasteiger partial charge in [0, 0.05) is 24.3 Å². The molecule has 1 aliphatic heterocycles. The number of aryl methyl sites for hydroxylation is 3. The average Bonchev–Trinajstić information content (AvgIpc) is 2.92. The van der Waals surface area contributed by atoms with Crippen LogP contribution in [-0.2, 0) is 23.1 Å². The van der Waals surface area contributed by atoms with Gasteiger partial charge in [-0.05, 0) is 31.2 Å². The lowest BCUT2D eigenvalue weighted by Gasteiger charge is -2.10. The molecule has 200 valence electrons. The SMILES string of the molecule is COc1nc(C)nc(NC(=O)NS(=O)(=O)c2ccccc2C(=O)O)n1.c1cc[n+]2c(c1)-c1cccc[n+]1CC2. The molecule has 0 fully saturated rings. The summed E-state index contributed by atoms with van der Waals surface area (Å²) in [5, 5.41) is 11.2. The molecular weight excluding hydrogens is 526 g/mol. The summed E-state index contributed by atoms with van der Waals surface area (Å²) < 4.78 is 35.6. The Morgan fingerprint density at radius 1 is 0.897 bits per heavy atom. The number of carboxylic acids is 1. The molecule has 4 heterocycles. The van der Waals surface area contributed by atoms with Crippen molar-refractivity contribution < 1.29 is 37.0 Å². The van der Waals surface area contributed by atoms with Crippen LogP contribution >= 0.6 is 0 Å². The van der Waals surface area contributed by atoms with E-state index in [2.05, 4.69) is 78.2 Å². The predicted molar refractivity (Wildman–Crippen MR) is 136 cm³/mol. The van der Waals surface area contributed by atoms with E-state index in [0.29, 0.717) is 0 Å². The summed E-state index contributed by atoms with van der Waals surface area (Å²) in [7, 11) is -3.11. The van der Waals surface area contributed by atoms with Gasteiger partial charge in [-0.25, -0.2) is 22.7 Å². The number of nitrogens with zero attached hydrogens (tertiary/aromatic N) is 5. The molecule has 2 amide bonds. The van der Waals surface area contributed by atoms with Crippen molar-refractivity contribution in [1.29, 1.82) is 0 Å². The monoisotopic (exact) mass is 551 g/mol. The highest BCUT2D eigenvalue weighted by Gasteiger charge is 2.27. The Bertz CT molecular complexity index is 1600. The van der Waals surface area contributed by atoms with Gasteiger partial charge < -0.3 is 9.84 Å². The van der Waals surface area contributed by atoms with Crippen LogP contribution < -0.4 is 23.9 Å². The van der Waals surface area contributed by atoms with E-state index in [-0.39, 0.29) is 17.8 Å². The molecular formula is C25H25N7O6S+2. The Morgan fingerprint density at radius 2 is 1.49 bits per heavy atom. The van der Waals surface area contributed by atoms with Gasteiger partial charge in [0.1, 0.15) is 10.7 Å². The maximum absolute atomic E-state index is 12.2. The standard InChI is InChI=1S/C13H13N5O6S.C12H12N2/c1-7-14-11(17-13(15-7)24-2)16-12(21)18-25(22,23)9-6-4-3-5-8(9)10(19)20;1-3-7-13-9-10-14-8-4-2-6-12(14)11(13)5-1/h3-6H,1-2H3,(H,19,20)(H2,14,15,16,17,18,21);1-8H,9-10H2/q;+2. The highest BCUT2D eigenvalue weighted by Crippen LogP contribution is 2.16. The summed E-state index contributed by atoms with van der Waals surface area (Å²) in [6, 6.07) is 16.3. The molecule has 13 nitrogen and oxygen atoms in total. The Balaban J connectivity index is 0.000000210. The Labute approximate surface area is 223 Å². The lowest BCUT2D eigenvalue weighted by Crippen LogP contribution is -2.52. The van der Waals surface area contributed by atoms with E-state index < -0.39 is 32.5 Å². The summed E-state index contributed by atoms with van der Waals surface area (Å²) in [5.41, 5.74) is 2.14. The molecule has 1 aliphatic rings. The van der Waals surface area contributed by atoms with E-state index in [0.717, 1.165) is 25.2 Å². The Kier molecular flexibility index (Phi) is 8.05. The fraction of sp³-hybridized carbons (Fsp3) is 0.160. The second kappa shape index (κ2) is 11.6. The van der Waals surface area contributed by atoms with Gasteiger partial charge in [0.25, 0.3) is 21.4 Å². The van der Waals surface area contributed by atoms with E-state index in [1.54, 1.807) is 4.72 Å². The van der Waals surface area contributed by atoms with E-state index in [1.807, 2.05) is 0 Å². The predicted octanol–water partition coefficient (Wildman–Crippen LogP) is 1.34. The number of amides is 2. The van der Waals surface area contributed by atoms with Crippen LogP contribution in [0.5, 0.6) is 6.01 Å². The van der Waals surface area contributed by atoms with Crippen molar-refractivity contribution in [2.75, 3.05) is 12.4 Å². The fourth-order valence-electron chi connectivity index (χ4n) is 3.81. The number of fused-ring (bicyclic) bond motifs is 3. The first kappa shape index (κ1) is 27.1. The van der Waals surface area contributed by atoms with Crippen LogP contribution in [0.15, 0.2) is 78.0 Å². The number of aromatic nitrogens is 5. The first-order valence-electron chi connectivity index (χ1n) is 11.6. The molecule has 0 atom stereocenters. The van der Waals surface area contributed by atoms with Gasteiger partial charge in [-0.3, -0.25) is 5.32 Å². The van der Waals surface area contributed by atoms with Crippen molar-refractivity contribution in [2.24, 2.45) is 0 Å². The number of carbonyl (C=O) groups excluding carboxylic acids is 1. The van der Waals surface area contributed by atoms with Crippen LogP contribution in [0.4, 0.5) is 10.7 Å². The lowest BCUT2D eigenvalue weighted by atomic mass is 10.2. The number of methoxy groups -OCH3 is 1. The van der Waals surface area contributed by atoms with Crippen molar-refractivity contribution in [3.8, 4) is 17.4 Å². The maximum Gasteiger partial charge on any atom is 0.337 e. The Morgan fingerprint density at radius 3 is 2.08 bits per heavy atom. The zero-order valence-electron chi connectivity index (χ0n) is 21.0. The van der Waals surface area contributed by atoms with Gasteiger partial charge in [-0.1, -0.05) is 12.1 Å². The largest absolute Gasteiger partial charge is 0.478 e. The second-order valence-corrected chi connectivity index (χ2v) is 9.76. The molecule has 14 heteroatoms. The number of nitrogens with one attached hydrogen (secondary N) is 2. The van der Waals surface area contributed by atoms with Crippen molar-refractivity contribution in [3.05, 3.63) is 84.4 Å². The number of carbonyl (C=O) groups is 2. The normalized spacial score (nSPS) is 11.6. The van der Waals surface area contributed by atoms with E-state index in [4.69, 9.17) is 9.84 Å². The zero-order chi connectivity index (χ0) is 28.0. The number of pyridine rings is 2. The number of rotatable bonds is 5. The van der Waals surface area contributed by atoms with Crippen molar-refractivity contribution in [3.63, 3.8) is 0 Å². The van der Waals surface area contributed by atoms with Gasteiger partial charge in [-0.2, -0.15) is 24.1 Å². The van der Waals surface area contributed by atoms with Crippen molar-refractivity contribution in [2.45, 2.75) is 24.9 Å². The fourth-order valence-corrected chi connectivity index (χ4v) is 4.92. The van der Waals surface area contributed by atoms with Crippen LogP contribution in [0.2, 0.25) is 0 Å². The quantitative estimate of drug-likeness (QED) is 0.310. The smallest absolute Gasteiger partial charge is 0.337 e. The van der Waals surface area contributed by atoms with Gasteiger partial charge in [0.05, 0.1) is 12.7 Å². The molecule has 3 N–H and O–H groups in total. The summed E-state index contributed by atoms with van der Waals surface area (Å²) >= 11 is 0. The van der Waals surface area contributed by atoms with E-state index >= 15 is 0 Å². The number of sulfonamides is 1. The molecule has 0 radical (unpaired) electrons. The molecule has 0 bridgehead atoms. The third-order valence-electron chi connectivity index (χ3n) is 5.49.